The van der Waals surface area contributed by atoms with E-state index in [1.165, 1.54) is 0 Å². The van der Waals surface area contributed by atoms with Crippen LogP contribution in [0.15, 0.2) is 30.3 Å². The molecule has 0 N–H and O–H groups in total. The van der Waals surface area contributed by atoms with Crippen LogP contribution in [0.2, 0.25) is 0 Å². The van der Waals surface area contributed by atoms with Crippen molar-refractivity contribution in [2.45, 2.75) is 19.8 Å². The summed E-state index contributed by atoms with van der Waals surface area (Å²) in [5.74, 6) is 0.304. The number of Topliss-reactive ketones (excluding diaryl/α,β-unsaturated/α-hetero) is 1. The molecule has 0 saturated carbocycles. The molecule has 2 aliphatic carbocycles. The van der Waals surface area contributed by atoms with Crippen molar-refractivity contribution >= 4 is 17.1 Å². The van der Waals surface area contributed by atoms with Gasteiger partial charge in [0, 0.05) is 12.0 Å². The predicted octanol–water partition coefficient (Wildman–Crippen LogP) is 2.64. The fourth-order valence-electron chi connectivity index (χ4n) is 2.72. The molecular formula is C14H12O2. The Hall–Kier alpha value is -1.70. The van der Waals surface area contributed by atoms with Gasteiger partial charge in [-0.05, 0) is 30.6 Å². The summed E-state index contributed by atoms with van der Waals surface area (Å²) in [4.78, 5) is 23.8. The Morgan fingerprint density at radius 2 is 1.81 bits per heavy atom. The van der Waals surface area contributed by atoms with E-state index < -0.39 is 5.41 Å². The summed E-state index contributed by atoms with van der Waals surface area (Å²) < 4.78 is 0. The molecule has 0 aliphatic heterocycles. The lowest BCUT2D eigenvalue weighted by Gasteiger charge is -2.27. The highest BCUT2D eigenvalue weighted by Gasteiger charge is 2.47. The van der Waals surface area contributed by atoms with Crippen molar-refractivity contribution < 1.29 is 9.59 Å². The molecule has 2 aliphatic rings. The zero-order chi connectivity index (χ0) is 11.3. The Balaban J connectivity index is 2.31. The summed E-state index contributed by atoms with van der Waals surface area (Å²) in [6, 6.07) is 7.58. The molecule has 0 fully saturated rings. The van der Waals surface area contributed by atoms with Gasteiger partial charge in [-0.1, -0.05) is 24.3 Å². The molecule has 2 nitrogen and oxygen atoms in total. The third-order valence-corrected chi connectivity index (χ3v) is 3.73. The van der Waals surface area contributed by atoms with Gasteiger partial charge >= 0.3 is 0 Å². The van der Waals surface area contributed by atoms with Crippen LogP contribution in [-0.4, -0.2) is 11.6 Å². The molecule has 16 heavy (non-hydrogen) atoms. The van der Waals surface area contributed by atoms with Crippen molar-refractivity contribution in [1.82, 2.24) is 0 Å². The highest BCUT2D eigenvalue weighted by atomic mass is 16.1. The molecule has 2 heteroatoms. The zero-order valence-electron chi connectivity index (χ0n) is 9.12. The highest BCUT2D eigenvalue weighted by Crippen LogP contribution is 2.50. The molecule has 3 rings (SSSR count). The third kappa shape index (κ3) is 1.02. The van der Waals surface area contributed by atoms with E-state index in [1.807, 2.05) is 31.2 Å². The van der Waals surface area contributed by atoms with Crippen molar-refractivity contribution in [1.29, 1.82) is 0 Å². The van der Waals surface area contributed by atoms with E-state index in [4.69, 9.17) is 0 Å². The summed E-state index contributed by atoms with van der Waals surface area (Å²) in [6.07, 6.45) is 2.79. The second-order valence-corrected chi connectivity index (χ2v) is 4.73. The minimum atomic E-state index is -0.461. The Labute approximate surface area is 94.0 Å². The first kappa shape index (κ1) is 9.52. The second-order valence-electron chi connectivity index (χ2n) is 4.73. The first-order chi connectivity index (χ1) is 7.63. The summed E-state index contributed by atoms with van der Waals surface area (Å²) in [6.45, 7) is 1.95. The van der Waals surface area contributed by atoms with Crippen molar-refractivity contribution in [3.8, 4) is 0 Å². The maximum atomic E-state index is 12.3. The van der Waals surface area contributed by atoms with Gasteiger partial charge in [-0.2, -0.15) is 0 Å². The van der Waals surface area contributed by atoms with Gasteiger partial charge in [0.1, 0.15) is 0 Å². The number of benzene rings is 1. The minimum absolute atomic E-state index is 0.136. The molecule has 0 bridgehead atoms. The Bertz CT molecular complexity index is 539. The van der Waals surface area contributed by atoms with Gasteiger partial charge < -0.3 is 0 Å². The van der Waals surface area contributed by atoms with Crippen LogP contribution >= 0.6 is 0 Å². The monoisotopic (exact) mass is 212 g/mol. The van der Waals surface area contributed by atoms with Crippen molar-refractivity contribution in [2.24, 2.45) is 5.41 Å². The molecule has 0 heterocycles. The summed E-state index contributed by atoms with van der Waals surface area (Å²) in [5, 5.41) is 0. The largest absolute Gasteiger partial charge is 0.295 e. The number of fused-ring (bicyclic) bond motifs is 3. The third-order valence-electron chi connectivity index (χ3n) is 3.73. The lowest BCUT2D eigenvalue weighted by atomic mass is 9.74. The van der Waals surface area contributed by atoms with Crippen molar-refractivity contribution in [3.63, 3.8) is 0 Å². The molecule has 1 aromatic carbocycles. The number of allylic oxidation sites excluding steroid dienone is 2. The van der Waals surface area contributed by atoms with Crippen molar-refractivity contribution in [3.05, 3.63) is 41.5 Å². The Kier molecular flexibility index (Phi) is 1.73. The standard InChI is InChI=1S/C14H12O2/c1-14-7-6-9(15)8-12(14)10-4-2-3-5-11(10)13(14)16/h2-5,8H,6-7H2,1H3/t14-/m1/s1. The topological polar surface area (TPSA) is 34.1 Å². The Morgan fingerprint density at radius 1 is 1.12 bits per heavy atom. The molecule has 0 spiro atoms. The predicted molar refractivity (Wildman–Crippen MR) is 61.1 cm³/mol. The normalized spacial score (nSPS) is 27.4. The van der Waals surface area contributed by atoms with Crippen molar-refractivity contribution in [2.75, 3.05) is 0 Å². The maximum Gasteiger partial charge on any atom is 0.173 e. The van der Waals surface area contributed by atoms with Gasteiger partial charge in [-0.15, -0.1) is 0 Å². The summed E-state index contributed by atoms with van der Waals surface area (Å²) in [5.41, 5.74) is 2.18. The molecular weight excluding hydrogens is 200 g/mol. The van der Waals surface area contributed by atoms with Crippen LogP contribution in [0, 0.1) is 5.41 Å². The number of rotatable bonds is 0. The minimum Gasteiger partial charge on any atom is -0.295 e. The number of ketones is 2. The number of hydrogen-bond acceptors (Lipinski definition) is 2. The van der Waals surface area contributed by atoms with E-state index in [0.29, 0.717) is 12.8 Å². The van der Waals surface area contributed by atoms with E-state index in [1.54, 1.807) is 6.08 Å². The van der Waals surface area contributed by atoms with E-state index in [9.17, 15) is 9.59 Å². The van der Waals surface area contributed by atoms with Gasteiger partial charge in [-0.25, -0.2) is 0 Å². The molecule has 0 unspecified atom stereocenters. The summed E-state index contributed by atoms with van der Waals surface area (Å²) >= 11 is 0. The van der Waals surface area contributed by atoms with Crippen LogP contribution in [0.3, 0.4) is 0 Å². The fourth-order valence-corrected chi connectivity index (χ4v) is 2.72. The lowest BCUT2D eigenvalue weighted by molar-refractivity contribution is -0.115. The smallest absolute Gasteiger partial charge is 0.173 e. The van der Waals surface area contributed by atoms with Gasteiger partial charge in [0.2, 0.25) is 0 Å². The van der Waals surface area contributed by atoms with Crippen LogP contribution in [-0.2, 0) is 4.79 Å². The van der Waals surface area contributed by atoms with Gasteiger partial charge in [-0.3, -0.25) is 9.59 Å². The van der Waals surface area contributed by atoms with E-state index in [2.05, 4.69) is 0 Å². The van der Waals surface area contributed by atoms with Crippen LogP contribution in [0.25, 0.3) is 5.57 Å². The molecule has 80 valence electrons. The van der Waals surface area contributed by atoms with Gasteiger partial charge in [0.15, 0.2) is 11.6 Å². The highest BCUT2D eigenvalue weighted by molar-refractivity contribution is 6.20. The molecule has 0 radical (unpaired) electrons. The average Bonchev–Trinajstić information content (AvgIpc) is 2.51. The second kappa shape index (κ2) is 2.91. The lowest BCUT2D eigenvalue weighted by Crippen LogP contribution is -2.27. The van der Waals surface area contributed by atoms with Crippen LogP contribution in [0.5, 0.6) is 0 Å². The maximum absolute atomic E-state index is 12.3. The van der Waals surface area contributed by atoms with E-state index in [0.717, 1.165) is 16.7 Å². The van der Waals surface area contributed by atoms with Crippen LogP contribution in [0.1, 0.15) is 35.7 Å². The molecule has 1 atom stereocenters. The Morgan fingerprint density at radius 3 is 2.56 bits per heavy atom. The number of carbonyl (C=O) groups is 2. The molecule has 0 aromatic heterocycles. The average molecular weight is 212 g/mol. The molecule has 0 amide bonds. The molecule has 0 saturated heterocycles. The number of carbonyl (C=O) groups excluding carboxylic acids is 2. The zero-order valence-corrected chi connectivity index (χ0v) is 9.12. The van der Waals surface area contributed by atoms with Crippen LogP contribution < -0.4 is 0 Å². The molecule has 1 aromatic rings. The quantitative estimate of drug-likeness (QED) is 0.662. The summed E-state index contributed by atoms with van der Waals surface area (Å²) in [7, 11) is 0. The van der Waals surface area contributed by atoms with E-state index in [-0.39, 0.29) is 11.6 Å². The SMILES string of the molecule is C[C@@]12CCC(=O)C=C1c1ccccc1C2=O. The first-order valence-corrected chi connectivity index (χ1v) is 5.52. The first-order valence-electron chi connectivity index (χ1n) is 5.52. The van der Waals surface area contributed by atoms with Crippen LogP contribution in [0.4, 0.5) is 0 Å². The van der Waals surface area contributed by atoms with Gasteiger partial charge in [0.25, 0.3) is 0 Å². The fraction of sp³-hybridized carbons (Fsp3) is 0.286. The van der Waals surface area contributed by atoms with E-state index >= 15 is 0 Å². The van der Waals surface area contributed by atoms with Gasteiger partial charge in [0.05, 0.1) is 5.41 Å². The number of hydrogen-bond donors (Lipinski definition) is 0.